The van der Waals surface area contributed by atoms with Crippen molar-refractivity contribution in [3.05, 3.63) is 11.7 Å². The van der Waals surface area contributed by atoms with E-state index in [1.165, 1.54) is 19.4 Å². The first-order chi connectivity index (χ1) is 7.84. The van der Waals surface area contributed by atoms with Crippen molar-refractivity contribution in [1.82, 2.24) is 15.5 Å². The molecule has 5 nitrogen and oxygen atoms in total. The second kappa shape index (κ2) is 5.96. The molecule has 2 heterocycles. The van der Waals surface area contributed by atoms with Crippen molar-refractivity contribution in [2.45, 2.75) is 32.8 Å². The van der Waals surface area contributed by atoms with E-state index in [1.54, 1.807) is 6.92 Å². The first-order valence-electron chi connectivity index (χ1n) is 5.92. The van der Waals surface area contributed by atoms with Gasteiger partial charge < -0.3 is 14.6 Å². The summed E-state index contributed by atoms with van der Waals surface area (Å²) >= 11 is 0. The molecule has 2 rings (SSSR count). The van der Waals surface area contributed by atoms with Crippen molar-refractivity contribution in [2.24, 2.45) is 5.92 Å². The third-order valence-electron chi connectivity index (χ3n) is 2.86. The van der Waals surface area contributed by atoms with Gasteiger partial charge in [-0.15, -0.1) is 0 Å². The van der Waals surface area contributed by atoms with E-state index in [0.29, 0.717) is 18.3 Å². The molecule has 0 bridgehead atoms. The Kier molecular flexibility index (Phi) is 4.30. The Bertz CT molecular complexity index is 308. The number of aromatic nitrogens is 2. The average molecular weight is 225 g/mol. The predicted octanol–water partition coefficient (Wildman–Crippen LogP) is 1.28. The van der Waals surface area contributed by atoms with Crippen LogP contribution in [0.4, 0.5) is 0 Å². The quantitative estimate of drug-likeness (QED) is 0.765. The van der Waals surface area contributed by atoms with Gasteiger partial charge in [-0.05, 0) is 45.2 Å². The number of ether oxygens (including phenoxy) is 1. The molecule has 1 aliphatic heterocycles. The lowest BCUT2D eigenvalue weighted by molar-refractivity contribution is 0.0838. The van der Waals surface area contributed by atoms with Gasteiger partial charge in [0.05, 0.1) is 0 Å². The molecule has 0 aromatic carbocycles. The van der Waals surface area contributed by atoms with Crippen LogP contribution in [0, 0.1) is 12.8 Å². The van der Waals surface area contributed by atoms with Crippen LogP contribution in [0.2, 0.25) is 0 Å². The van der Waals surface area contributed by atoms with Gasteiger partial charge in [-0.1, -0.05) is 5.16 Å². The van der Waals surface area contributed by atoms with Crippen molar-refractivity contribution < 1.29 is 9.26 Å². The largest absolute Gasteiger partial charge is 0.372 e. The molecule has 16 heavy (non-hydrogen) atoms. The minimum Gasteiger partial charge on any atom is -0.372 e. The maximum absolute atomic E-state index is 5.51. The number of hydrogen-bond donors (Lipinski definition) is 1. The summed E-state index contributed by atoms with van der Waals surface area (Å²) in [5.41, 5.74) is 0. The highest BCUT2D eigenvalue weighted by atomic mass is 16.5. The molecule has 90 valence electrons. The molecular formula is C11H19N3O2. The lowest BCUT2D eigenvalue weighted by Crippen LogP contribution is -2.30. The smallest absolute Gasteiger partial charge is 0.252 e. The maximum atomic E-state index is 5.51. The fraction of sp³-hybridized carbons (Fsp3) is 0.818. The fourth-order valence-electron chi connectivity index (χ4n) is 1.98. The van der Waals surface area contributed by atoms with Crippen LogP contribution >= 0.6 is 0 Å². The third-order valence-corrected chi connectivity index (χ3v) is 2.86. The Hall–Kier alpha value is -0.940. The van der Waals surface area contributed by atoms with E-state index in [9.17, 15) is 0 Å². The van der Waals surface area contributed by atoms with Crippen LogP contribution in [0.15, 0.2) is 4.52 Å². The van der Waals surface area contributed by atoms with Gasteiger partial charge in [-0.3, -0.25) is 0 Å². The topological polar surface area (TPSA) is 60.2 Å². The van der Waals surface area contributed by atoms with Crippen molar-refractivity contribution >= 4 is 0 Å². The molecule has 1 unspecified atom stereocenters. The van der Waals surface area contributed by atoms with Crippen LogP contribution in [0.25, 0.3) is 0 Å². The number of hydrogen-bond acceptors (Lipinski definition) is 5. The monoisotopic (exact) mass is 225 g/mol. The Morgan fingerprint density at radius 2 is 2.50 bits per heavy atom. The van der Waals surface area contributed by atoms with Gasteiger partial charge >= 0.3 is 0 Å². The van der Waals surface area contributed by atoms with Gasteiger partial charge in [0.25, 0.3) is 5.89 Å². The summed E-state index contributed by atoms with van der Waals surface area (Å²) < 4.78 is 10.5. The van der Waals surface area contributed by atoms with Crippen molar-refractivity contribution in [1.29, 1.82) is 0 Å². The van der Waals surface area contributed by atoms with E-state index in [1.807, 2.05) is 0 Å². The van der Waals surface area contributed by atoms with Crippen molar-refractivity contribution in [2.75, 3.05) is 19.7 Å². The second-order valence-corrected chi connectivity index (χ2v) is 4.29. The van der Waals surface area contributed by atoms with E-state index in [-0.39, 0.29) is 0 Å². The van der Waals surface area contributed by atoms with Crippen LogP contribution in [-0.2, 0) is 11.3 Å². The minimum absolute atomic E-state index is 0.432. The first kappa shape index (κ1) is 11.5. The van der Waals surface area contributed by atoms with Crippen molar-refractivity contribution in [3.63, 3.8) is 0 Å². The van der Waals surface area contributed by atoms with E-state index >= 15 is 0 Å². The average Bonchev–Trinajstić information content (AvgIpc) is 2.72. The summed E-state index contributed by atoms with van der Waals surface area (Å²) in [6.07, 6.45) is 3.71. The summed E-state index contributed by atoms with van der Waals surface area (Å²) in [7, 11) is 0. The molecule has 0 aliphatic carbocycles. The lowest BCUT2D eigenvalue weighted by Gasteiger charge is -2.22. The predicted molar refractivity (Wildman–Crippen MR) is 58.9 cm³/mol. The standard InChI is InChI=1S/C11H19N3O2/c1-9-13-11(16-14-9)8-15-6-4-10-3-2-5-12-7-10/h10,12H,2-8H2,1H3. The highest BCUT2D eigenvalue weighted by Crippen LogP contribution is 2.14. The van der Waals surface area contributed by atoms with E-state index in [4.69, 9.17) is 9.26 Å². The summed E-state index contributed by atoms with van der Waals surface area (Å²) in [4.78, 5) is 4.08. The summed E-state index contributed by atoms with van der Waals surface area (Å²) in [6.45, 7) is 5.30. The van der Waals surface area contributed by atoms with Gasteiger partial charge in [-0.25, -0.2) is 0 Å². The molecule has 0 amide bonds. The van der Waals surface area contributed by atoms with Crippen LogP contribution < -0.4 is 5.32 Å². The Balaban J connectivity index is 1.57. The van der Waals surface area contributed by atoms with E-state index < -0.39 is 0 Å². The van der Waals surface area contributed by atoms with Gasteiger partial charge in [-0.2, -0.15) is 4.98 Å². The fourth-order valence-corrected chi connectivity index (χ4v) is 1.98. The molecule has 0 radical (unpaired) electrons. The molecule has 1 aromatic heterocycles. The summed E-state index contributed by atoms with van der Waals surface area (Å²) in [5, 5.41) is 7.11. The lowest BCUT2D eigenvalue weighted by atomic mass is 9.97. The Morgan fingerprint density at radius 1 is 1.56 bits per heavy atom. The SMILES string of the molecule is Cc1noc(COCCC2CCCNC2)n1. The Labute approximate surface area is 95.6 Å². The summed E-state index contributed by atoms with van der Waals surface area (Å²) in [6, 6.07) is 0. The van der Waals surface area contributed by atoms with Gasteiger partial charge in [0.15, 0.2) is 5.82 Å². The van der Waals surface area contributed by atoms with Crippen LogP contribution in [0.3, 0.4) is 0 Å². The zero-order valence-electron chi connectivity index (χ0n) is 9.74. The number of aryl methyl sites for hydroxylation is 1. The van der Waals surface area contributed by atoms with Gasteiger partial charge in [0.2, 0.25) is 0 Å². The molecule has 1 fully saturated rings. The maximum Gasteiger partial charge on any atom is 0.252 e. The highest BCUT2D eigenvalue weighted by molar-refractivity contribution is 4.80. The highest BCUT2D eigenvalue weighted by Gasteiger charge is 2.12. The molecule has 1 atom stereocenters. The number of piperidine rings is 1. The normalized spacial score (nSPS) is 21.2. The number of nitrogens with zero attached hydrogens (tertiary/aromatic N) is 2. The number of rotatable bonds is 5. The van der Waals surface area contributed by atoms with Crippen LogP contribution in [0.5, 0.6) is 0 Å². The van der Waals surface area contributed by atoms with Gasteiger partial charge in [0, 0.05) is 6.61 Å². The molecule has 1 N–H and O–H groups in total. The van der Waals surface area contributed by atoms with Crippen molar-refractivity contribution in [3.8, 4) is 0 Å². The molecule has 1 aliphatic rings. The van der Waals surface area contributed by atoms with E-state index in [2.05, 4.69) is 15.5 Å². The first-order valence-corrected chi connectivity index (χ1v) is 5.92. The summed E-state index contributed by atoms with van der Waals surface area (Å²) in [5.74, 6) is 1.99. The second-order valence-electron chi connectivity index (χ2n) is 4.29. The van der Waals surface area contributed by atoms with Crippen LogP contribution in [0.1, 0.15) is 31.0 Å². The molecule has 0 spiro atoms. The molecule has 1 aromatic rings. The zero-order chi connectivity index (χ0) is 11.2. The van der Waals surface area contributed by atoms with Crippen LogP contribution in [-0.4, -0.2) is 29.8 Å². The Morgan fingerprint density at radius 3 is 3.19 bits per heavy atom. The van der Waals surface area contributed by atoms with Gasteiger partial charge in [0.1, 0.15) is 6.61 Å². The molecular weight excluding hydrogens is 206 g/mol. The molecule has 1 saturated heterocycles. The van der Waals surface area contributed by atoms with E-state index in [0.717, 1.165) is 25.5 Å². The molecule has 5 heteroatoms. The molecule has 0 saturated carbocycles. The third kappa shape index (κ3) is 3.57. The zero-order valence-corrected chi connectivity index (χ0v) is 9.74. The minimum atomic E-state index is 0.432. The number of nitrogens with one attached hydrogen (secondary N) is 1.